The maximum absolute atomic E-state index is 5.63. The summed E-state index contributed by atoms with van der Waals surface area (Å²) in [6.07, 6.45) is 3.77. The van der Waals surface area contributed by atoms with E-state index in [0.717, 1.165) is 6.61 Å². The Bertz CT molecular complexity index is 211. The zero-order valence-corrected chi connectivity index (χ0v) is 10.2. The van der Waals surface area contributed by atoms with Crippen LogP contribution in [0.1, 0.15) is 26.2 Å². The Kier molecular flexibility index (Phi) is 6.19. The molecule has 1 aromatic carbocycles. The Balaban J connectivity index is 2.07. The van der Waals surface area contributed by atoms with Crippen molar-refractivity contribution in [1.29, 1.82) is 0 Å². The summed E-state index contributed by atoms with van der Waals surface area (Å²) in [4.78, 5) is 0. The third-order valence-electron chi connectivity index (χ3n) is 1.70. The second-order valence-electron chi connectivity index (χ2n) is 2.89. The summed E-state index contributed by atoms with van der Waals surface area (Å²) in [7, 11) is 0. The van der Waals surface area contributed by atoms with Crippen molar-refractivity contribution in [3.05, 3.63) is 33.9 Å². The van der Waals surface area contributed by atoms with Gasteiger partial charge in [-0.3, -0.25) is 0 Å². The van der Waals surface area contributed by atoms with Crippen LogP contribution in [0.2, 0.25) is 0 Å². The summed E-state index contributed by atoms with van der Waals surface area (Å²) in [6, 6.07) is 10.5. The van der Waals surface area contributed by atoms with Gasteiger partial charge in [-0.05, 0) is 18.6 Å². The monoisotopic (exact) mass is 291 g/mol. The van der Waals surface area contributed by atoms with Gasteiger partial charge in [0.25, 0.3) is 0 Å². The van der Waals surface area contributed by atoms with Crippen LogP contribution in [0.4, 0.5) is 0 Å². The summed E-state index contributed by atoms with van der Waals surface area (Å²) in [5, 5.41) is 0. The zero-order valence-electron chi connectivity index (χ0n) is 8.00. The van der Waals surface area contributed by atoms with Gasteiger partial charge in [0.2, 0.25) is 3.57 Å². The highest BCUT2D eigenvalue weighted by molar-refractivity contribution is 4.98. The van der Waals surface area contributed by atoms with Crippen LogP contribution in [-0.2, 0) is 3.07 Å². The van der Waals surface area contributed by atoms with E-state index < -0.39 is 0 Å². The lowest BCUT2D eigenvalue weighted by atomic mass is 10.3. The molecule has 0 aliphatic carbocycles. The number of hydrogen-bond donors (Lipinski definition) is 0. The minimum absolute atomic E-state index is 0.191. The molecule has 0 aliphatic rings. The molecule has 0 unspecified atom stereocenters. The first-order valence-corrected chi connectivity index (χ1v) is 6.71. The molecule has 0 fully saturated rings. The van der Waals surface area contributed by atoms with E-state index in [1.54, 1.807) is 0 Å². The maximum atomic E-state index is 5.63. The quantitative estimate of drug-likeness (QED) is 0.532. The average Bonchev–Trinajstić information content (AvgIpc) is 2.19. The molecule has 1 aromatic rings. The summed E-state index contributed by atoms with van der Waals surface area (Å²) < 4.78 is 7.00. The Morgan fingerprint density at radius 2 is 1.92 bits per heavy atom. The molecule has 0 amide bonds. The average molecular weight is 291 g/mol. The minimum Gasteiger partial charge on any atom is -0.142 e. The van der Waals surface area contributed by atoms with Crippen LogP contribution >= 0.6 is 0 Å². The molecule has 0 saturated heterocycles. The molecular weight excluding hydrogens is 275 g/mol. The van der Waals surface area contributed by atoms with Crippen LogP contribution in [0.5, 0.6) is 0 Å². The van der Waals surface area contributed by atoms with Gasteiger partial charge in [-0.1, -0.05) is 38.0 Å². The second kappa shape index (κ2) is 7.33. The molecule has 0 N–H and O–H groups in total. The number of hydrogen-bond acceptors (Lipinski definition) is 1. The SMILES string of the molecule is CCCCCO[I+]c1ccccc1. The van der Waals surface area contributed by atoms with Crippen LogP contribution in [0.25, 0.3) is 0 Å². The fourth-order valence-electron chi connectivity index (χ4n) is 0.974. The zero-order chi connectivity index (χ0) is 9.36. The lowest BCUT2D eigenvalue weighted by Crippen LogP contribution is -3.61. The van der Waals surface area contributed by atoms with Gasteiger partial charge in [-0.15, -0.1) is 3.07 Å². The Morgan fingerprint density at radius 1 is 1.15 bits per heavy atom. The molecule has 0 aromatic heterocycles. The van der Waals surface area contributed by atoms with Gasteiger partial charge < -0.3 is 0 Å². The maximum Gasteiger partial charge on any atom is 0.522 e. The van der Waals surface area contributed by atoms with Crippen LogP contribution in [0, 0.1) is 3.57 Å². The van der Waals surface area contributed by atoms with Gasteiger partial charge in [0.05, 0.1) is 0 Å². The van der Waals surface area contributed by atoms with E-state index in [9.17, 15) is 0 Å². The molecule has 1 rings (SSSR count). The van der Waals surface area contributed by atoms with Gasteiger partial charge in [0.15, 0.2) is 0 Å². The van der Waals surface area contributed by atoms with Gasteiger partial charge >= 0.3 is 21.6 Å². The third-order valence-corrected chi connectivity index (χ3v) is 3.68. The van der Waals surface area contributed by atoms with Crippen molar-refractivity contribution < 1.29 is 24.7 Å². The van der Waals surface area contributed by atoms with Crippen molar-refractivity contribution in [3.63, 3.8) is 0 Å². The first-order chi connectivity index (χ1) is 6.43. The molecule has 1 nitrogen and oxygen atoms in total. The first kappa shape index (κ1) is 11.0. The lowest BCUT2D eigenvalue weighted by molar-refractivity contribution is -0.876. The van der Waals surface area contributed by atoms with Crippen molar-refractivity contribution in [2.75, 3.05) is 6.61 Å². The van der Waals surface area contributed by atoms with Crippen molar-refractivity contribution in [2.24, 2.45) is 0 Å². The number of halogens is 1. The highest BCUT2D eigenvalue weighted by Gasteiger charge is 2.11. The largest absolute Gasteiger partial charge is 0.522 e. The first-order valence-electron chi connectivity index (χ1n) is 4.75. The molecule has 0 atom stereocenters. The highest BCUT2D eigenvalue weighted by Crippen LogP contribution is 1.91. The summed E-state index contributed by atoms with van der Waals surface area (Å²) in [5.41, 5.74) is 0. The molecular formula is C11H16IO+. The van der Waals surface area contributed by atoms with Gasteiger partial charge in [0, 0.05) is 0 Å². The molecule has 2 heteroatoms. The van der Waals surface area contributed by atoms with E-state index in [4.69, 9.17) is 3.07 Å². The highest BCUT2D eigenvalue weighted by atomic mass is 127. The summed E-state index contributed by atoms with van der Waals surface area (Å²) in [6.45, 7) is 3.16. The fourth-order valence-corrected chi connectivity index (χ4v) is 2.57. The molecule has 0 aliphatic heterocycles. The van der Waals surface area contributed by atoms with Crippen molar-refractivity contribution in [1.82, 2.24) is 0 Å². The van der Waals surface area contributed by atoms with E-state index in [1.165, 1.54) is 22.8 Å². The minimum atomic E-state index is -0.191. The smallest absolute Gasteiger partial charge is 0.142 e. The Hall–Kier alpha value is -0.0900. The van der Waals surface area contributed by atoms with Crippen LogP contribution in [0.15, 0.2) is 30.3 Å². The lowest BCUT2D eigenvalue weighted by Gasteiger charge is -1.89. The Labute approximate surface area is 91.3 Å². The van der Waals surface area contributed by atoms with E-state index in [2.05, 4.69) is 31.2 Å². The van der Waals surface area contributed by atoms with Gasteiger partial charge in [0.1, 0.15) is 6.61 Å². The molecule has 13 heavy (non-hydrogen) atoms. The predicted molar refractivity (Wildman–Crippen MR) is 50.6 cm³/mol. The van der Waals surface area contributed by atoms with Crippen LogP contribution in [-0.4, -0.2) is 6.61 Å². The van der Waals surface area contributed by atoms with E-state index in [0.29, 0.717) is 0 Å². The topological polar surface area (TPSA) is 9.23 Å². The van der Waals surface area contributed by atoms with Gasteiger partial charge in [-0.25, -0.2) is 0 Å². The number of benzene rings is 1. The van der Waals surface area contributed by atoms with E-state index >= 15 is 0 Å². The third kappa shape index (κ3) is 5.26. The molecule has 0 bridgehead atoms. The molecule has 72 valence electrons. The Morgan fingerprint density at radius 3 is 2.62 bits per heavy atom. The molecule has 0 spiro atoms. The van der Waals surface area contributed by atoms with Crippen LogP contribution in [0.3, 0.4) is 0 Å². The number of unbranched alkanes of at least 4 members (excludes halogenated alkanes) is 2. The van der Waals surface area contributed by atoms with E-state index in [-0.39, 0.29) is 21.6 Å². The van der Waals surface area contributed by atoms with Crippen LogP contribution < -0.4 is 21.6 Å². The normalized spacial score (nSPS) is 10.2. The predicted octanol–water partition coefficient (Wildman–Crippen LogP) is 0.0670. The fraction of sp³-hybridized carbons (Fsp3) is 0.455. The molecule has 0 heterocycles. The number of rotatable bonds is 6. The standard InChI is InChI=1S/C11H16IO/c1-2-3-7-10-13-12-11-8-5-4-6-9-11/h4-6,8-9H,2-3,7,10H2,1H3/q+1. The van der Waals surface area contributed by atoms with E-state index in [1.807, 2.05) is 6.07 Å². The van der Waals surface area contributed by atoms with Gasteiger partial charge in [-0.2, -0.15) is 0 Å². The molecule has 0 radical (unpaired) electrons. The van der Waals surface area contributed by atoms with Crippen molar-refractivity contribution in [2.45, 2.75) is 26.2 Å². The van der Waals surface area contributed by atoms with Crippen molar-refractivity contribution >= 4 is 0 Å². The summed E-state index contributed by atoms with van der Waals surface area (Å²) >= 11 is -0.191. The molecule has 0 saturated carbocycles. The second-order valence-corrected chi connectivity index (χ2v) is 5.20. The summed E-state index contributed by atoms with van der Waals surface area (Å²) in [5.74, 6) is 0. The van der Waals surface area contributed by atoms with Crippen molar-refractivity contribution in [3.8, 4) is 0 Å².